The number of nitrogens with zero attached hydrogens (tertiary/aromatic N) is 2. The van der Waals surface area contributed by atoms with Crippen LogP contribution >= 0.6 is 0 Å². The Kier molecular flexibility index (Phi) is 3.15. The van der Waals surface area contributed by atoms with Crippen LogP contribution in [-0.4, -0.2) is 50.1 Å². The van der Waals surface area contributed by atoms with Crippen LogP contribution < -0.4 is 0 Å². The van der Waals surface area contributed by atoms with Crippen LogP contribution in [0.2, 0.25) is 0 Å². The smallest absolute Gasteiger partial charge is 0.202 e. The van der Waals surface area contributed by atoms with Crippen LogP contribution in [0.1, 0.15) is 19.8 Å². The summed E-state index contributed by atoms with van der Waals surface area (Å²) in [5.41, 5.74) is 0. The molecule has 0 aromatic rings. The maximum absolute atomic E-state index is 5.59. The van der Waals surface area contributed by atoms with E-state index in [0.717, 1.165) is 57.1 Å². The first-order valence-corrected chi connectivity index (χ1v) is 5.43. The fraction of sp³-hybridized carbons (Fsp3) is 0.900. The third-order valence-electron chi connectivity index (χ3n) is 2.89. The number of ether oxygens (including phenoxy) is 2. The predicted molar refractivity (Wildman–Crippen MR) is 54.0 cm³/mol. The minimum Gasteiger partial charge on any atom is -0.329 e. The van der Waals surface area contributed by atoms with Gasteiger partial charge in [0.05, 0.1) is 13.2 Å². The maximum atomic E-state index is 5.59. The van der Waals surface area contributed by atoms with Gasteiger partial charge in [-0.25, -0.2) is 9.48 Å². The monoisotopic (exact) mass is 199 g/mol. The van der Waals surface area contributed by atoms with Gasteiger partial charge in [0.25, 0.3) is 0 Å². The molecule has 0 aromatic carbocycles. The van der Waals surface area contributed by atoms with E-state index in [0.29, 0.717) is 0 Å². The second-order valence-electron chi connectivity index (χ2n) is 3.99. The molecule has 0 aliphatic carbocycles. The topological polar surface area (TPSA) is 30.8 Å². The fourth-order valence-corrected chi connectivity index (χ4v) is 2.09. The van der Waals surface area contributed by atoms with E-state index in [2.05, 4.69) is 11.9 Å². The molecule has 4 heteroatoms. The van der Waals surface area contributed by atoms with Crippen LogP contribution in [0.25, 0.3) is 0 Å². The lowest BCUT2D eigenvalue weighted by Gasteiger charge is -2.30. The molecular formula is C10H19N2O2+. The first kappa shape index (κ1) is 10.1. The number of quaternary nitrogens is 1. The first-order valence-electron chi connectivity index (χ1n) is 5.43. The standard InChI is InChI=1S/C10H19N2O2/c1-2-3-10-11-4-6-13-8-12(10)5-7-14-9-12/h2-9H2,1H3/q+1. The summed E-state index contributed by atoms with van der Waals surface area (Å²) >= 11 is 0. The van der Waals surface area contributed by atoms with Crippen molar-refractivity contribution < 1.29 is 14.0 Å². The van der Waals surface area contributed by atoms with Crippen molar-refractivity contribution in [2.45, 2.75) is 19.8 Å². The molecule has 2 aliphatic rings. The van der Waals surface area contributed by atoms with Gasteiger partial charge in [-0.2, -0.15) is 0 Å². The lowest BCUT2D eigenvalue weighted by Crippen LogP contribution is -2.51. The van der Waals surface area contributed by atoms with E-state index in [1.807, 2.05) is 0 Å². The molecule has 0 aromatic heterocycles. The Labute approximate surface area is 85.1 Å². The summed E-state index contributed by atoms with van der Waals surface area (Å²) in [6.07, 6.45) is 2.23. The molecule has 14 heavy (non-hydrogen) atoms. The zero-order valence-electron chi connectivity index (χ0n) is 8.87. The number of rotatable bonds is 2. The van der Waals surface area contributed by atoms with E-state index >= 15 is 0 Å². The Bertz CT molecular complexity index is 222. The van der Waals surface area contributed by atoms with Gasteiger partial charge in [0.15, 0.2) is 13.5 Å². The molecule has 1 fully saturated rings. The average Bonchev–Trinajstić information content (AvgIpc) is 2.56. The van der Waals surface area contributed by atoms with Crippen LogP contribution in [0.3, 0.4) is 0 Å². The van der Waals surface area contributed by atoms with Crippen molar-refractivity contribution in [2.24, 2.45) is 4.99 Å². The average molecular weight is 199 g/mol. The summed E-state index contributed by atoms with van der Waals surface area (Å²) < 4.78 is 11.9. The molecule has 80 valence electrons. The summed E-state index contributed by atoms with van der Waals surface area (Å²) in [5, 5.41) is 0. The Balaban J connectivity index is 2.16. The first-order chi connectivity index (χ1) is 6.87. The zero-order chi connectivity index (χ0) is 9.86. The maximum Gasteiger partial charge on any atom is 0.202 e. The van der Waals surface area contributed by atoms with E-state index < -0.39 is 0 Å². The molecule has 1 spiro atoms. The summed E-state index contributed by atoms with van der Waals surface area (Å²) in [7, 11) is 0. The molecule has 2 heterocycles. The van der Waals surface area contributed by atoms with E-state index in [1.54, 1.807) is 0 Å². The molecule has 0 saturated carbocycles. The number of hydrogen-bond acceptors (Lipinski definition) is 3. The normalized spacial score (nSPS) is 33.1. The van der Waals surface area contributed by atoms with E-state index in [1.165, 1.54) is 5.84 Å². The molecule has 1 unspecified atom stereocenters. The summed E-state index contributed by atoms with van der Waals surface area (Å²) in [5.74, 6) is 1.28. The molecule has 4 nitrogen and oxygen atoms in total. The third kappa shape index (κ3) is 1.82. The molecule has 0 N–H and O–H groups in total. The highest BCUT2D eigenvalue weighted by atomic mass is 16.5. The predicted octanol–water partition coefficient (Wildman–Crippen LogP) is 0.977. The van der Waals surface area contributed by atoms with Gasteiger partial charge >= 0.3 is 0 Å². The van der Waals surface area contributed by atoms with Crippen molar-refractivity contribution in [1.29, 1.82) is 0 Å². The summed E-state index contributed by atoms with van der Waals surface area (Å²) in [6.45, 7) is 7.13. The van der Waals surface area contributed by atoms with Crippen LogP contribution in [0.4, 0.5) is 0 Å². The molecule has 0 bridgehead atoms. The highest BCUT2D eigenvalue weighted by Crippen LogP contribution is 2.20. The van der Waals surface area contributed by atoms with E-state index in [-0.39, 0.29) is 0 Å². The fourth-order valence-electron chi connectivity index (χ4n) is 2.09. The lowest BCUT2D eigenvalue weighted by molar-refractivity contribution is -0.860. The zero-order valence-corrected chi connectivity index (χ0v) is 8.87. The van der Waals surface area contributed by atoms with Crippen molar-refractivity contribution in [1.82, 2.24) is 0 Å². The van der Waals surface area contributed by atoms with Crippen LogP contribution in [0, 0.1) is 0 Å². The number of amidine groups is 1. The molecular weight excluding hydrogens is 180 g/mol. The SMILES string of the molecule is CCCC1=NCCOC[N+]12CCOC2. The third-order valence-corrected chi connectivity index (χ3v) is 2.89. The minimum absolute atomic E-state index is 0.749. The van der Waals surface area contributed by atoms with Gasteiger partial charge in [-0.05, 0) is 6.42 Å². The Morgan fingerprint density at radius 3 is 2.71 bits per heavy atom. The minimum atomic E-state index is 0.749. The van der Waals surface area contributed by atoms with Crippen LogP contribution in [-0.2, 0) is 9.47 Å². The Morgan fingerprint density at radius 1 is 1.29 bits per heavy atom. The second-order valence-corrected chi connectivity index (χ2v) is 3.99. The molecule has 0 amide bonds. The van der Waals surface area contributed by atoms with E-state index in [4.69, 9.17) is 9.47 Å². The number of aliphatic imine (C=N–C) groups is 1. The van der Waals surface area contributed by atoms with Crippen LogP contribution in [0.5, 0.6) is 0 Å². The van der Waals surface area contributed by atoms with Crippen molar-refractivity contribution in [3.05, 3.63) is 0 Å². The highest BCUT2D eigenvalue weighted by molar-refractivity contribution is 5.75. The molecule has 0 radical (unpaired) electrons. The number of hydrogen-bond donors (Lipinski definition) is 0. The summed E-state index contributed by atoms with van der Waals surface area (Å²) in [4.78, 5) is 4.63. The lowest BCUT2D eigenvalue weighted by atomic mass is 10.2. The van der Waals surface area contributed by atoms with Crippen molar-refractivity contribution in [2.75, 3.05) is 39.8 Å². The van der Waals surface area contributed by atoms with Gasteiger partial charge < -0.3 is 9.47 Å². The van der Waals surface area contributed by atoms with Gasteiger partial charge in [-0.3, -0.25) is 0 Å². The molecule has 1 saturated heterocycles. The second kappa shape index (κ2) is 4.38. The molecule has 2 rings (SSSR count). The van der Waals surface area contributed by atoms with Gasteiger partial charge in [0, 0.05) is 6.42 Å². The Morgan fingerprint density at radius 2 is 2.07 bits per heavy atom. The van der Waals surface area contributed by atoms with Gasteiger partial charge in [-0.15, -0.1) is 0 Å². The quantitative estimate of drug-likeness (QED) is 0.621. The van der Waals surface area contributed by atoms with Crippen molar-refractivity contribution >= 4 is 5.84 Å². The largest absolute Gasteiger partial charge is 0.329 e. The van der Waals surface area contributed by atoms with Gasteiger partial charge in [-0.1, -0.05) is 6.92 Å². The van der Waals surface area contributed by atoms with Gasteiger partial charge in [0.2, 0.25) is 5.84 Å². The molecule has 2 aliphatic heterocycles. The molecule has 1 atom stereocenters. The van der Waals surface area contributed by atoms with Crippen molar-refractivity contribution in [3.63, 3.8) is 0 Å². The van der Waals surface area contributed by atoms with Gasteiger partial charge in [0.1, 0.15) is 13.2 Å². The highest BCUT2D eigenvalue weighted by Gasteiger charge is 2.39. The van der Waals surface area contributed by atoms with Crippen LogP contribution in [0.15, 0.2) is 4.99 Å². The van der Waals surface area contributed by atoms with Crippen molar-refractivity contribution in [3.8, 4) is 0 Å². The van der Waals surface area contributed by atoms with E-state index in [9.17, 15) is 0 Å². The Hall–Kier alpha value is -0.450. The summed E-state index contributed by atoms with van der Waals surface area (Å²) in [6, 6.07) is 0.